The first kappa shape index (κ1) is 17.9. The van der Waals surface area contributed by atoms with Crippen molar-refractivity contribution in [3.8, 4) is 11.3 Å². The number of nitrogens with one attached hydrogen (secondary N) is 1. The highest BCUT2D eigenvalue weighted by atomic mass is 35.5. The Kier molecular flexibility index (Phi) is 4.86. The van der Waals surface area contributed by atoms with Gasteiger partial charge in [0.2, 0.25) is 10.0 Å². The molecule has 0 aliphatic rings. The number of halogens is 1. The van der Waals surface area contributed by atoms with Gasteiger partial charge in [0.1, 0.15) is 0 Å². The first-order valence-corrected chi connectivity index (χ1v) is 9.88. The zero-order valence-corrected chi connectivity index (χ0v) is 15.9. The van der Waals surface area contributed by atoms with Crippen LogP contribution in [-0.2, 0) is 23.6 Å². The van der Waals surface area contributed by atoms with Crippen molar-refractivity contribution >= 4 is 32.5 Å². The van der Waals surface area contributed by atoms with Crippen LogP contribution in [0.1, 0.15) is 19.4 Å². The molecule has 1 N–H and O–H groups in total. The number of hydrogen-bond acceptors (Lipinski definition) is 3. The molecule has 0 atom stereocenters. The number of fused-ring (bicyclic) bond motifs is 1. The molecule has 0 saturated heterocycles. The van der Waals surface area contributed by atoms with Gasteiger partial charge in [-0.1, -0.05) is 17.7 Å². The van der Waals surface area contributed by atoms with Crippen LogP contribution in [0, 0.1) is 0 Å². The van der Waals surface area contributed by atoms with E-state index in [9.17, 15) is 8.42 Å². The van der Waals surface area contributed by atoms with E-state index in [0.29, 0.717) is 5.02 Å². The zero-order valence-electron chi connectivity index (χ0n) is 14.3. The fraction of sp³-hybridized carbons (Fsp3) is 0.278. The highest BCUT2D eigenvalue weighted by Crippen LogP contribution is 2.29. The van der Waals surface area contributed by atoms with Gasteiger partial charge in [-0.15, -0.1) is 0 Å². The number of nitrogens with zero attached hydrogens (tertiary/aromatic N) is 2. The molecule has 25 heavy (non-hydrogen) atoms. The quantitative estimate of drug-likeness (QED) is 0.737. The third-order valence-corrected chi connectivity index (χ3v) is 6.22. The molecule has 0 bridgehead atoms. The maximum absolute atomic E-state index is 11.9. The Labute approximate surface area is 152 Å². The maximum Gasteiger partial charge on any atom is 0.214 e. The van der Waals surface area contributed by atoms with E-state index >= 15 is 0 Å². The van der Waals surface area contributed by atoms with Crippen LogP contribution in [0.4, 0.5) is 0 Å². The summed E-state index contributed by atoms with van der Waals surface area (Å²) in [4.78, 5) is 4.26. The summed E-state index contributed by atoms with van der Waals surface area (Å²) in [6.07, 6.45) is 3.45. The molecule has 5 nitrogen and oxygen atoms in total. The lowest BCUT2D eigenvalue weighted by molar-refractivity contribution is 0.572. The molecule has 2 aromatic heterocycles. The van der Waals surface area contributed by atoms with E-state index in [1.165, 1.54) is 0 Å². The summed E-state index contributed by atoms with van der Waals surface area (Å²) < 4.78 is 28.5. The molecule has 0 aliphatic carbocycles. The molecule has 132 valence electrons. The number of sulfonamides is 1. The molecule has 0 saturated carbocycles. The standard InChI is InChI=1S/C18H20ClN3O2S/c1-12(2)25(23,24)21-10-13-6-15(11-20-9-13)17-7-14-4-5-16(19)8-18(14)22(17)3/h4-9,11-12,21H,10H2,1-3H3. The maximum atomic E-state index is 11.9. The Hall–Kier alpha value is -1.89. The predicted molar refractivity (Wildman–Crippen MR) is 102 cm³/mol. The summed E-state index contributed by atoms with van der Waals surface area (Å²) in [5.41, 5.74) is 3.77. The van der Waals surface area contributed by atoms with Crippen LogP contribution in [0.25, 0.3) is 22.2 Å². The van der Waals surface area contributed by atoms with Crippen molar-refractivity contribution in [2.24, 2.45) is 7.05 Å². The van der Waals surface area contributed by atoms with Crippen LogP contribution in [-0.4, -0.2) is 23.2 Å². The molecule has 0 spiro atoms. The van der Waals surface area contributed by atoms with Crippen molar-refractivity contribution in [3.05, 3.63) is 53.3 Å². The molecule has 0 unspecified atom stereocenters. The van der Waals surface area contributed by atoms with Crippen LogP contribution in [0.15, 0.2) is 42.7 Å². The highest BCUT2D eigenvalue weighted by molar-refractivity contribution is 7.90. The van der Waals surface area contributed by atoms with E-state index in [2.05, 4.69) is 20.3 Å². The Balaban J connectivity index is 1.93. The summed E-state index contributed by atoms with van der Waals surface area (Å²) in [7, 11) is -1.33. The minimum absolute atomic E-state index is 0.219. The van der Waals surface area contributed by atoms with Crippen LogP contribution in [0.2, 0.25) is 5.02 Å². The molecule has 0 radical (unpaired) electrons. The summed E-state index contributed by atoms with van der Waals surface area (Å²) in [5.74, 6) is 0. The third kappa shape index (κ3) is 3.71. The van der Waals surface area contributed by atoms with Gasteiger partial charge in [-0.2, -0.15) is 0 Å². The van der Waals surface area contributed by atoms with Crippen LogP contribution >= 0.6 is 11.6 Å². The fourth-order valence-corrected chi connectivity index (χ4v) is 3.52. The minimum atomic E-state index is -3.30. The smallest absolute Gasteiger partial charge is 0.214 e. The first-order valence-electron chi connectivity index (χ1n) is 7.95. The van der Waals surface area contributed by atoms with Gasteiger partial charge in [-0.3, -0.25) is 4.98 Å². The summed E-state index contributed by atoms with van der Waals surface area (Å²) in [6, 6.07) is 9.79. The van der Waals surface area contributed by atoms with Crippen LogP contribution < -0.4 is 4.72 Å². The van der Waals surface area contributed by atoms with Crippen molar-refractivity contribution in [1.29, 1.82) is 0 Å². The number of pyridine rings is 1. The molecule has 0 fully saturated rings. The van der Waals surface area contributed by atoms with E-state index in [4.69, 9.17) is 11.6 Å². The minimum Gasteiger partial charge on any atom is -0.344 e. The van der Waals surface area contributed by atoms with Gasteiger partial charge in [0.15, 0.2) is 0 Å². The van der Waals surface area contributed by atoms with Crippen molar-refractivity contribution in [2.75, 3.05) is 0 Å². The molecule has 3 rings (SSSR count). The number of aromatic nitrogens is 2. The summed E-state index contributed by atoms with van der Waals surface area (Å²) in [6.45, 7) is 3.52. The summed E-state index contributed by atoms with van der Waals surface area (Å²) in [5, 5.41) is 1.31. The molecule has 0 aliphatic heterocycles. The van der Waals surface area contributed by atoms with Gasteiger partial charge in [0.05, 0.1) is 10.9 Å². The Morgan fingerprint density at radius 2 is 1.96 bits per heavy atom. The average Bonchev–Trinajstić information content (AvgIpc) is 2.90. The van der Waals surface area contributed by atoms with Gasteiger partial charge in [-0.25, -0.2) is 13.1 Å². The molecule has 1 aromatic carbocycles. The normalized spacial score (nSPS) is 12.2. The largest absolute Gasteiger partial charge is 0.344 e. The molecule has 0 amide bonds. The van der Waals surface area contributed by atoms with E-state index < -0.39 is 15.3 Å². The van der Waals surface area contributed by atoms with Crippen molar-refractivity contribution in [1.82, 2.24) is 14.3 Å². The topological polar surface area (TPSA) is 64.0 Å². The Bertz CT molecular complexity index is 1030. The van der Waals surface area contributed by atoms with Gasteiger partial charge in [0, 0.05) is 47.5 Å². The SMILES string of the molecule is CC(C)S(=O)(=O)NCc1cncc(-c2cc3ccc(Cl)cc3n2C)c1. The lowest BCUT2D eigenvalue weighted by Gasteiger charge is -2.10. The second-order valence-electron chi connectivity index (χ2n) is 6.29. The van der Waals surface area contributed by atoms with Crippen LogP contribution in [0.3, 0.4) is 0 Å². The Morgan fingerprint density at radius 3 is 2.68 bits per heavy atom. The van der Waals surface area contributed by atoms with Gasteiger partial charge < -0.3 is 4.57 Å². The average molecular weight is 378 g/mol. The van der Waals surface area contributed by atoms with Gasteiger partial charge in [-0.05, 0) is 43.7 Å². The molecule has 3 aromatic rings. The molecular formula is C18H20ClN3O2S. The highest BCUT2D eigenvalue weighted by Gasteiger charge is 2.15. The molecular weight excluding hydrogens is 358 g/mol. The van der Waals surface area contributed by atoms with E-state index in [1.54, 1.807) is 26.2 Å². The molecule has 7 heteroatoms. The van der Waals surface area contributed by atoms with Gasteiger partial charge >= 0.3 is 0 Å². The van der Waals surface area contributed by atoms with E-state index in [0.717, 1.165) is 27.7 Å². The number of aryl methyl sites for hydroxylation is 1. The second kappa shape index (κ2) is 6.78. The zero-order chi connectivity index (χ0) is 18.2. The first-order chi connectivity index (χ1) is 11.8. The predicted octanol–water partition coefficient (Wildman–Crippen LogP) is 3.72. The fourth-order valence-electron chi connectivity index (χ4n) is 2.66. The van der Waals surface area contributed by atoms with Crippen molar-refractivity contribution in [3.63, 3.8) is 0 Å². The number of rotatable bonds is 5. The monoisotopic (exact) mass is 377 g/mol. The molecule has 2 heterocycles. The van der Waals surface area contributed by atoms with Crippen molar-refractivity contribution < 1.29 is 8.42 Å². The lowest BCUT2D eigenvalue weighted by atomic mass is 10.1. The lowest BCUT2D eigenvalue weighted by Crippen LogP contribution is -2.30. The van der Waals surface area contributed by atoms with E-state index in [-0.39, 0.29) is 6.54 Å². The van der Waals surface area contributed by atoms with Crippen molar-refractivity contribution in [2.45, 2.75) is 25.6 Å². The van der Waals surface area contributed by atoms with E-state index in [1.807, 2.05) is 31.3 Å². The third-order valence-electron chi connectivity index (χ3n) is 4.20. The Morgan fingerprint density at radius 1 is 1.20 bits per heavy atom. The number of benzene rings is 1. The summed E-state index contributed by atoms with van der Waals surface area (Å²) >= 11 is 6.09. The number of hydrogen-bond donors (Lipinski definition) is 1. The second-order valence-corrected chi connectivity index (χ2v) is 9.05. The van der Waals surface area contributed by atoms with Gasteiger partial charge in [0.25, 0.3) is 0 Å². The van der Waals surface area contributed by atoms with Crippen LogP contribution in [0.5, 0.6) is 0 Å².